The molecule has 0 radical (unpaired) electrons. The van der Waals surface area contributed by atoms with Crippen molar-refractivity contribution in [2.45, 2.75) is 52.4 Å². The summed E-state index contributed by atoms with van der Waals surface area (Å²) >= 11 is 0. The molecule has 2 aliphatic carbocycles. The lowest BCUT2D eigenvalue weighted by molar-refractivity contribution is -0.161. The summed E-state index contributed by atoms with van der Waals surface area (Å²) in [5.74, 6) is 0.884. The van der Waals surface area contributed by atoms with Crippen molar-refractivity contribution in [1.29, 1.82) is 0 Å². The lowest BCUT2D eigenvalue weighted by atomic mass is 9.53. The molecule has 1 fully saturated rings. The third kappa shape index (κ3) is 2.34. The first kappa shape index (κ1) is 13.6. The van der Waals surface area contributed by atoms with Crippen molar-refractivity contribution in [3.05, 3.63) is 24.0 Å². The summed E-state index contributed by atoms with van der Waals surface area (Å²) in [6, 6.07) is -0.0789. The van der Waals surface area contributed by atoms with Crippen LogP contribution < -0.4 is 5.73 Å². The molecule has 1 saturated carbocycles. The third-order valence-electron chi connectivity index (χ3n) is 4.05. The van der Waals surface area contributed by atoms with Crippen LogP contribution in [0, 0.1) is 10.8 Å². The molecule has 0 saturated heterocycles. The van der Waals surface area contributed by atoms with Gasteiger partial charge in [0.25, 0.3) is 0 Å². The largest absolute Gasteiger partial charge is 0.490 e. The molecule has 0 bridgehead atoms. The maximum absolute atomic E-state index is 6.18. The Labute approximate surface area is 110 Å². The van der Waals surface area contributed by atoms with Crippen LogP contribution in [-0.2, 0) is 9.47 Å². The molecular formula is C15H25NO2. The van der Waals surface area contributed by atoms with Crippen LogP contribution in [0.2, 0.25) is 0 Å². The Kier molecular flexibility index (Phi) is 3.32. The van der Waals surface area contributed by atoms with Crippen LogP contribution in [-0.4, -0.2) is 25.4 Å². The predicted molar refractivity (Wildman–Crippen MR) is 73.0 cm³/mol. The van der Waals surface area contributed by atoms with Gasteiger partial charge in [-0.2, -0.15) is 0 Å². The predicted octanol–water partition coefficient (Wildman–Crippen LogP) is 2.62. The summed E-state index contributed by atoms with van der Waals surface area (Å²) in [6.45, 7) is 9.04. The van der Waals surface area contributed by atoms with Gasteiger partial charge in [-0.05, 0) is 18.6 Å². The molecule has 0 aliphatic heterocycles. The molecule has 2 atom stereocenters. The van der Waals surface area contributed by atoms with Crippen molar-refractivity contribution in [3.63, 3.8) is 0 Å². The molecule has 2 rings (SSSR count). The first-order valence-electron chi connectivity index (χ1n) is 6.61. The van der Waals surface area contributed by atoms with E-state index in [1.807, 2.05) is 18.2 Å². The molecule has 2 aliphatic rings. The first-order valence-corrected chi connectivity index (χ1v) is 6.61. The van der Waals surface area contributed by atoms with E-state index in [1.165, 1.54) is 6.42 Å². The molecular weight excluding hydrogens is 226 g/mol. The van der Waals surface area contributed by atoms with Crippen LogP contribution in [0.5, 0.6) is 0 Å². The number of ether oxygens (including phenoxy) is 2. The van der Waals surface area contributed by atoms with E-state index in [0.29, 0.717) is 0 Å². The van der Waals surface area contributed by atoms with Gasteiger partial charge in [0.1, 0.15) is 11.9 Å². The van der Waals surface area contributed by atoms with Crippen LogP contribution in [0.15, 0.2) is 24.0 Å². The summed E-state index contributed by atoms with van der Waals surface area (Å²) in [5, 5.41) is 0. The van der Waals surface area contributed by atoms with E-state index in [-0.39, 0.29) is 29.1 Å². The normalized spacial score (nSPS) is 33.8. The van der Waals surface area contributed by atoms with Gasteiger partial charge in [0, 0.05) is 17.9 Å². The number of rotatable bonds is 3. The fraction of sp³-hybridized carbons (Fsp3) is 0.733. The van der Waals surface area contributed by atoms with Gasteiger partial charge in [-0.3, -0.25) is 0 Å². The Hall–Kier alpha value is -0.800. The van der Waals surface area contributed by atoms with Crippen molar-refractivity contribution < 1.29 is 9.47 Å². The van der Waals surface area contributed by atoms with E-state index < -0.39 is 0 Å². The summed E-state index contributed by atoms with van der Waals surface area (Å²) in [6.07, 6.45) is 7.24. The van der Waals surface area contributed by atoms with Crippen molar-refractivity contribution in [2.75, 3.05) is 7.11 Å². The zero-order valence-corrected chi connectivity index (χ0v) is 12.1. The number of allylic oxidation sites excluding steroid dienone is 1. The molecule has 3 heteroatoms. The minimum Gasteiger partial charge on any atom is -0.490 e. The van der Waals surface area contributed by atoms with Gasteiger partial charge >= 0.3 is 0 Å². The molecule has 2 N–H and O–H groups in total. The minimum absolute atomic E-state index is 0.0789. The van der Waals surface area contributed by atoms with E-state index in [2.05, 4.69) is 27.7 Å². The molecule has 102 valence electrons. The van der Waals surface area contributed by atoms with Crippen molar-refractivity contribution in [1.82, 2.24) is 0 Å². The summed E-state index contributed by atoms with van der Waals surface area (Å²) in [5.41, 5.74) is 6.40. The zero-order chi connectivity index (χ0) is 13.6. The van der Waals surface area contributed by atoms with Gasteiger partial charge < -0.3 is 15.2 Å². The van der Waals surface area contributed by atoms with E-state index in [4.69, 9.17) is 15.2 Å². The number of hydrogen-bond acceptors (Lipinski definition) is 3. The topological polar surface area (TPSA) is 44.5 Å². The maximum atomic E-state index is 6.18. The molecule has 0 amide bonds. The van der Waals surface area contributed by atoms with Crippen molar-refractivity contribution in [2.24, 2.45) is 16.6 Å². The SMILES string of the molecule is COC1C=C(OC2C(C)(C)CC2(C)C)C=CC1N. The van der Waals surface area contributed by atoms with Gasteiger partial charge in [-0.1, -0.05) is 33.8 Å². The lowest BCUT2D eigenvalue weighted by Crippen LogP contribution is -2.56. The molecule has 0 aromatic rings. The molecule has 2 unspecified atom stereocenters. The Morgan fingerprint density at radius 3 is 2.33 bits per heavy atom. The Morgan fingerprint density at radius 2 is 1.83 bits per heavy atom. The second-order valence-electron chi connectivity index (χ2n) is 6.86. The number of methoxy groups -OCH3 is 1. The quantitative estimate of drug-likeness (QED) is 0.838. The Bertz CT molecular complexity index is 368. The molecule has 0 aromatic heterocycles. The van der Waals surface area contributed by atoms with Crippen molar-refractivity contribution >= 4 is 0 Å². The molecule has 0 spiro atoms. The highest BCUT2D eigenvalue weighted by Crippen LogP contribution is 2.56. The van der Waals surface area contributed by atoms with Crippen LogP contribution in [0.3, 0.4) is 0 Å². The van der Waals surface area contributed by atoms with Crippen LogP contribution >= 0.6 is 0 Å². The smallest absolute Gasteiger partial charge is 0.118 e. The van der Waals surface area contributed by atoms with Crippen LogP contribution in [0.25, 0.3) is 0 Å². The number of hydrogen-bond donors (Lipinski definition) is 1. The standard InChI is InChI=1S/C15H25NO2/c1-14(2)9-15(3,4)13(14)18-10-6-7-11(16)12(8-10)17-5/h6-8,11-13H,9,16H2,1-5H3. The van der Waals surface area contributed by atoms with Crippen LogP contribution in [0.4, 0.5) is 0 Å². The maximum Gasteiger partial charge on any atom is 0.118 e. The van der Waals surface area contributed by atoms with Gasteiger partial charge in [-0.25, -0.2) is 0 Å². The molecule has 3 nitrogen and oxygen atoms in total. The molecule has 0 heterocycles. The Morgan fingerprint density at radius 1 is 1.22 bits per heavy atom. The average molecular weight is 251 g/mol. The van der Waals surface area contributed by atoms with Gasteiger partial charge in [-0.15, -0.1) is 0 Å². The highest BCUT2D eigenvalue weighted by Gasteiger charge is 2.55. The van der Waals surface area contributed by atoms with Crippen molar-refractivity contribution in [3.8, 4) is 0 Å². The first-order chi connectivity index (χ1) is 8.26. The lowest BCUT2D eigenvalue weighted by Gasteiger charge is -2.56. The van der Waals surface area contributed by atoms with E-state index >= 15 is 0 Å². The zero-order valence-electron chi connectivity index (χ0n) is 12.1. The van der Waals surface area contributed by atoms with E-state index in [0.717, 1.165) is 5.76 Å². The fourth-order valence-electron chi connectivity index (χ4n) is 3.69. The molecule has 18 heavy (non-hydrogen) atoms. The molecule has 0 aromatic carbocycles. The summed E-state index contributed by atoms with van der Waals surface area (Å²) in [7, 11) is 1.68. The van der Waals surface area contributed by atoms with Crippen LogP contribution in [0.1, 0.15) is 34.1 Å². The highest BCUT2D eigenvalue weighted by atomic mass is 16.5. The third-order valence-corrected chi connectivity index (χ3v) is 4.05. The second kappa shape index (κ2) is 4.39. The van der Waals surface area contributed by atoms with E-state index in [1.54, 1.807) is 7.11 Å². The average Bonchev–Trinajstić information content (AvgIpc) is 2.26. The summed E-state index contributed by atoms with van der Waals surface area (Å²) < 4.78 is 11.5. The minimum atomic E-state index is -0.0868. The monoisotopic (exact) mass is 251 g/mol. The van der Waals surface area contributed by atoms with Gasteiger partial charge in [0.2, 0.25) is 0 Å². The van der Waals surface area contributed by atoms with E-state index in [9.17, 15) is 0 Å². The second-order valence-corrected chi connectivity index (χ2v) is 6.86. The fourth-order valence-corrected chi connectivity index (χ4v) is 3.69. The summed E-state index contributed by atoms with van der Waals surface area (Å²) in [4.78, 5) is 0. The van der Waals surface area contributed by atoms with Gasteiger partial charge in [0.05, 0.1) is 12.1 Å². The highest BCUT2D eigenvalue weighted by molar-refractivity contribution is 5.25. The number of nitrogens with two attached hydrogens (primary N) is 1. The Balaban J connectivity index is 2.08. The van der Waals surface area contributed by atoms with Gasteiger partial charge in [0.15, 0.2) is 0 Å².